The number of aliphatic carboxylic acids is 2. The summed E-state index contributed by atoms with van der Waals surface area (Å²) in [6.45, 7) is 0.927. The first-order valence-corrected chi connectivity index (χ1v) is 5.50. The van der Waals surface area contributed by atoms with Gasteiger partial charge in [-0.1, -0.05) is 6.07 Å². The standard InChI is InChI=1S/C12H13F2NO4/c1-7(12(18)19)15(6-5-10(16)17)11-8(13)3-2-4-9(11)14/h2-4,7H,5-6H2,1H3,(H,16,17)(H,18,19). The number of carboxylic acid groups (broad SMARTS) is 2. The molecule has 104 valence electrons. The number of para-hydroxylation sites is 1. The number of hydrogen-bond donors (Lipinski definition) is 2. The fourth-order valence-corrected chi connectivity index (χ4v) is 1.61. The molecule has 0 aromatic heterocycles. The minimum atomic E-state index is -1.30. The minimum Gasteiger partial charge on any atom is -0.481 e. The highest BCUT2D eigenvalue weighted by Gasteiger charge is 2.26. The van der Waals surface area contributed by atoms with Gasteiger partial charge in [0.05, 0.1) is 6.42 Å². The summed E-state index contributed by atoms with van der Waals surface area (Å²) in [5.41, 5.74) is -0.529. The lowest BCUT2D eigenvalue weighted by atomic mass is 10.2. The van der Waals surface area contributed by atoms with E-state index in [0.717, 1.165) is 23.1 Å². The summed E-state index contributed by atoms with van der Waals surface area (Å²) in [6.07, 6.45) is -0.425. The summed E-state index contributed by atoms with van der Waals surface area (Å²) >= 11 is 0. The Morgan fingerprint density at radius 1 is 1.26 bits per heavy atom. The van der Waals surface area contributed by atoms with Gasteiger partial charge < -0.3 is 15.1 Å². The van der Waals surface area contributed by atoms with Crippen LogP contribution in [0.5, 0.6) is 0 Å². The quantitative estimate of drug-likeness (QED) is 0.825. The van der Waals surface area contributed by atoms with E-state index < -0.39 is 41.7 Å². The molecule has 1 atom stereocenters. The molecule has 0 saturated heterocycles. The van der Waals surface area contributed by atoms with Crippen molar-refractivity contribution in [1.29, 1.82) is 0 Å². The average molecular weight is 273 g/mol. The van der Waals surface area contributed by atoms with E-state index in [1.54, 1.807) is 0 Å². The lowest BCUT2D eigenvalue weighted by molar-refractivity contribution is -0.139. The lowest BCUT2D eigenvalue weighted by Gasteiger charge is -2.28. The maximum absolute atomic E-state index is 13.6. The Morgan fingerprint density at radius 2 is 1.79 bits per heavy atom. The van der Waals surface area contributed by atoms with Crippen molar-refractivity contribution in [2.75, 3.05) is 11.4 Å². The monoisotopic (exact) mass is 273 g/mol. The first kappa shape index (κ1) is 14.9. The summed E-state index contributed by atoms with van der Waals surface area (Å²) in [4.78, 5) is 22.4. The molecule has 0 spiro atoms. The van der Waals surface area contributed by atoms with Crippen LogP contribution in [0.3, 0.4) is 0 Å². The number of carbonyl (C=O) groups is 2. The van der Waals surface area contributed by atoms with Gasteiger partial charge in [0.1, 0.15) is 23.4 Å². The summed E-state index contributed by atoms with van der Waals surface area (Å²) in [5, 5.41) is 17.5. The van der Waals surface area contributed by atoms with Gasteiger partial charge in [-0.25, -0.2) is 13.6 Å². The number of anilines is 1. The van der Waals surface area contributed by atoms with Crippen LogP contribution in [0.2, 0.25) is 0 Å². The van der Waals surface area contributed by atoms with Crippen molar-refractivity contribution in [2.45, 2.75) is 19.4 Å². The zero-order chi connectivity index (χ0) is 14.6. The molecule has 1 aromatic rings. The van der Waals surface area contributed by atoms with E-state index in [-0.39, 0.29) is 6.54 Å². The molecular formula is C12H13F2NO4. The second-order valence-electron chi connectivity index (χ2n) is 3.92. The van der Waals surface area contributed by atoms with Crippen molar-refractivity contribution in [3.63, 3.8) is 0 Å². The van der Waals surface area contributed by atoms with E-state index in [9.17, 15) is 18.4 Å². The largest absolute Gasteiger partial charge is 0.481 e. The Kier molecular flexibility index (Phi) is 4.80. The van der Waals surface area contributed by atoms with Crippen molar-refractivity contribution >= 4 is 17.6 Å². The van der Waals surface area contributed by atoms with Crippen LogP contribution in [-0.4, -0.2) is 34.7 Å². The number of carboxylic acids is 2. The third kappa shape index (κ3) is 3.64. The molecule has 0 saturated carbocycles. The Hall–Kier alpha value is -2.18. The predicted octanol–water partition coefficient (Wildman–Crippen LogP) is 1.72. The van der Waals surface area contributed by atoms with Gasteiger partial charge in [0.25, 0.3) is 0 Å². The van der Waals surface area contributed by atoms with Crippen molar-refractivity contribution in [1.82, 2.24) is 0 Å². The van der Waals surface area contributed by atoms with Crippen LogP contribution >= 0.6 is 0 Å². The van der Waals surface area contributed by atoms with E-state index in [4.69, 9.17) is 10.2 Å². The molecule has 2 N–H and O–H groups in total. The molecular weight excluding hydrogens is 260 g/mol. The fraction of sp³-hybridized carbons (Fsp3) is 0.333. The number of rotatable bonds is 6. The summed E-state index contributed by atoms with van der Waals surface area (Å²) in [7, 11) is 0. The van der Waals surface area contributed by atoms with Crippen LogP contribution in [-0.2, 0) is 9.59 Å². The highest BCUT2D eigenvalue weighted by molar-refractivity contribution is 5.78. The number of halogens is 2. The van der Waals surface area contributed by atoms with Gasteiger partial charge in [-0.05, 0) is 19.1 Å². The van der Waals surface area contributed by atoms with E-state index in [0.29, 0.717) is 0 Å². The molecule has 0 bridgehead atoms. The third-order valence-corrected chi connectivity index (χ3v) is 2.62. The van der Waals surface area contributed by atoms with Gasteiger partial charge in [-0.15, -0.1) is 0 Å². The van der Waals surface area contributed by atoms with Crippen molar-refractivity contribution in [3.05, 3.63) is 29.8 Å². The Bertz CT molecular complexity index is 472. The molecule has 0 fully saturated rings. The van der Waals surface area contributed by atoms with Crippen molar-refractivity contribution < 1.29 is 28.6 Å². The van der Waals surface area contributed by atoms with E-state index >= 15 is 0 Å². The molecule has 7 heteroatoms. The fourth-order valence-electron chi connectivity index (χ4n) is 1.61. The molecule has 5 nitrogen and oxygen atoms in total. The molecule has 1 aromatic carbocycles. The molecule has 0 aliphatic heterocycles. The van der Waals surface area contributed by atoms with Crippen LogP contribution in [0, 0.1) is 11.6 Å². The van der Waals surface area contributed by atoms with Crippen molar-refractivity contribution in [3.8, 4) is 0 Å². The normalized spacial score (nSPS) is 11.9. The van der Waals surface area contributed by atoms with E-state index in [2.05, 4.69) is 0 Å². The molecule has 0 aliphatic carbocycles. The van der Waals surface area contributed by atoms with Crippen LogP contribution in [0.4, 0.5) is 14.5 Å². The van der Waals surface area contributed by atoms with Crippen LogP contribution < -0.4 is 4.90 Å². The maximum Gasteiger partial charge on any atom is 0.326 e. The van der Waals surface area contributed by atoms with Crippen LogP contribution in [0.15, 0.2) is 18.2 Å². The summed E-state index contributed by atoms with van der Waals surface area (Å²) < 4.78 is 27.3. The molecule has 19 heavy (non-hydrogen) atoms. The van der Waals surface area contributed by atoms with Crippen LogP contribution in [0.25, 0.3) is 0 Å². The Balaban J connectivity index is 3.15. The van der Waals surface area contributed by atoms with Gasteiger partial charge in [0.2, 0.25) is 0 Å². The Morgan fingerprint density at radius 3 is 2.21 bits per heavy atom. The smallest absolute Gasteiger partial charge is 0.326 e. The molecule has 1 rings (SSSR count). The highest BCUT2D eigenvalue weighted by atomic mass is 19.1. The topological polar surface area (TPSA) is 77.8 Å². The molecule has 0 aliphatic rings. The second-order valence-corrected chi connectivity index (χ2v) is 3.92. The van der Waals surface area contributed by atoms with E-state index in [1.165, 1.54) is 6.92 Å². The highest BCUT2D eigenvalue weighted by Crippen LogP contribution is 2.25. The first-order valence-electron chi connectivity index (χ1n) is 5.50. The van der Waals surface area contributed by atoms with Gasteiger partial charge >= 0.3 is 11.9 Å². The Labute approximate surface area is 108 Å². The average Bonchev–Trinajstić information content (AvgIpc) is 2.31. The number of hydrogen-bond acceptors (Lipinski definition) is 3. The van der Waals surface area contributed by atoms with Gasteiger partial charge in [0, 0.05) is 6.54 Å². The maximum atomic E-state index is 13.6. The molecule has 0 radical (unpaired) electrons. The molecule has 0 amide bonds. The predicted molar refractivity (Wildman–Crippen MR) is 63.1 cm³/mol. The zero-order valence-corrected chi connectivity index (χ0v) is 10.1. The van der Waals surface area contributed by atoms with Gasteiger partial charge in [0.15, 0.2) is 0 Å². The molecule has 0 heterocycles. The third-order valence-electron chi connectivity index (χ3n) is 2.62. The first-order chi connectivity index (χ1) is 8.84. The zero-order valence-electron chi connectivity index (χ0n) is 10.1. The minimum absolute atomic E-state index is 0.305. The van der Waals surface area contributed by atoms with Gasteiger partial charge in [-0.2, -0.15) is 0 Å². The lowest BCUT2D eigenvalue weighted by Crippen LogP contribution is -2.41. The van der Waals surface area contributed by atoms with E-state index in [1.807, 2.05) is 0 Å². The summed E-state index contributed by atoms with van der Waals surface area (Å²) in [5.74, 6) is -4.34. The van der Waals surface area contributed by atoms with Crippen LogP contribution in [0.1, 0.15) is 13.3 Å². The number of nitrogens with zero attached hydrogens (tertiary/aromatic N) is 1. The molecule has 1 unspecified atom stereocenters. The van der Waals surface area contributed by atoms with Gasteiger partial charge in [-0.3, -0.25) is 4.79 Å². The summed E-state index contributed by atoms with van der Waals surface area (Å²) in [6, 6.07) is 1.88. The van der Waals surface area contributed by atoms with Crippen molar-refractivity contribution in [2.24, 2.45) is 0 Å². The second kappa shape index (κ2) is 6.12. The SMILES string of the molecule is CC(C(=O)O)N(CCC(=O)O)c1c(F)cccc1F. The number of benzene rings is 1.